The van der Waals surface area contributed by atoms with E-state index in [0.29, 0.717) is 0 Å². The minimum Gasteiger partial charge on any atom is -0.311 e. The topological polar surface area (TPSA) is 16.3 Å². The first kappa shape index (κ1) is 65.5. The van der Waals surface area contributed by atoms with Gasteiger partial charge in [0.15, 0.2) is 0 Å². The SMILES string of the molecule is CC(C)(C)c1ccc(-c2ccc(N3c4cc(-n5c6ccc(C(C)(C)C)cc6c6cc(C(C)(C)C)ccc65)ccc4B4c5ccc(-n6c7ccc(C(C)(C)C)cc7c7cc(C(C)(C)C)ccc76)cc5N(c5ccc(-c6ccc(C(C)(C)C)cc6)cc5)c5cc(-c6ccccc6)cc3c54)cc2)cc1. The van der Waals surface area contributed by atoms with Crippen molar-refractivity contribution in [2.75, 3.05) is 9.80 Å². The molecular formula is C96H95BN4. The molecule has 12 aromatic carbocycles. The third kappa shape index (κ3) is 11.3. The molecule has 0 amide bonds. The smallest absolute Gasteiger partial charge is 0.252 e. The molecule has 2 aliphatic heterocycles. The van der Waals surface area contributed by atoms with Crippen LogP contribution in [0.5, 0.6) is 0 Å². The minimum absolute atomic E-state index is 0.0301. The van der Waals surface area contributed by atoms with E-state index in [1.807, 2.05) is 0 Å². The zero-order valence-electron chi connectivity index (χ0n) is 62.5. The molecular weight excluding hydrogens is 1220 g/mol. The molecule has 0 saturated heterocycles. The number of benzene rings is 12. The average Bonchev–Trinajstić information content (AvgIpc) is 0.813. The summed E-state index contributed by atoms with van der Waals surface area (Å²) in [5.74, 6) is 0. The minimum atomic E-state index is -0.157. The number of nitrogens with zero attached hydrogens (tertiary/aromatic N) is 4. The van der Waals surface area contributed by atoms with Gasteiger partial charge in [-0.1, -0.05) is 264 Å². The second kappa shape index (κ2) is 23.2. The Bertz CT molecular complexity index is 5130. The summed E-state index contributed by atoms with van der Waals surface area (Å²) >= 11 is 0. The largest absolute Gasteiger partial charge is 0.311 e. The Morgan fingerprint density at radius 2 is 0.485 bits per heavy atom. The highest BCUT2D eigenvalue weighted by Gasteiger charge is 2.44. The van der Waals surface area contributed by atoms with Gasteiger partial charge in [0.2, 0.25) is 0 Å². The molecule has 0 unspecified atom stereocenters. The Labute approximate surface area is 600 Å². The summed E-state index contributed by atoms with van der Waals surface area (Å²) in [6.45, 7) is 41.5. The molecule has 4 heterocycles. The van der Waals surface area contributed by atoms with Crippen LogP contribution in [0.1, 0.15) is 158 Å². The number of fused-ring (bicyclic) bond motifs is 10. The van der Waals surface area contributed by atoms with Gasteiger partial charge in [0.25, 0.3) is 6.71 Å². The van der Waals surface area contributed by atoms with E-state index in [0.717, 1.165) is 56.6 Å². The fourth-order valence-electron chi connectivity index (χ4n) is 16.0. The predicted octanol–water partition coefficient (Wildman–Crippen LogP) is 24.7. The van der Waals surface area contributed by atoms with Crippen LogP contribution in [0.25, 0.3) is 88.4 Å². The van der Waals surface area contributed by atoms with Crippen molar-refractivity contribution >= 4 is 101 Å². The summed E-state index contributed by atoms with van der Waals surface area (Å²) in [5.41, 5.74) is 32.7. The fraction of sp³-hybridized carbons (Fsp3) is 0.250. The van der Waals surface area contributed by atoms with E-state index in [4.69, 9.17) is 0 Å². The molecule has 0 aliphatic carbocycles. The van der Waals surface area contributed by atoms with Crippen molar-refractivity contribution in [1.82, 2.24) is 9.13 Å². The summed E-state index contributed by atoms with van der Waals surface area (Å²) in [4.78, 5) is 5.21. The molecule has 0 atom stereocenters. The van der Waals surface area contributed by atoms with E-state index in [9.17, 15) is 0 Å². The predicted molar refractivity (Wildman–Crippen MR) is 438 cm³/mol. The first-order chi connectivity index (χ1) is 47.8. The van der Waals surface area contributed by atoms with Crippen molar-refractivity contribution in [3.8, 4) is 44.8 Å². The molecule has 2 aliphatic rings. The molecule has 16 rings (SSSR count). The van der Waals surface area contributed by atoms with Crippen molar-refractivity contribution in [3.05, 3.63) is 282 Å². The number of rotatable bonds is 7. The lowest BCUT2D eigenvalue weighted by Crippen LogP contribution is -2.61. The van der Waals surface area contributed by atoms with E-state index in [1.54, 1.807) is 0 Å². The second-order valence-corrected chi connectivity index (χ2v) is 35.2. The van der Waals surface area contributed by atoms with Gasteiger partial charge in [-0.2, -0.15) is 0 Å². The summed E-state index contributed by atoms with van der Waals surface area (Å²) in [5, 5.41) is 5.10. The van der Waals surface area contributed by atoms with Crippen molar-refractivity contribution in [3.63, 3.8) is 0 Å². The maximum atomic E-state index is 2.61. The van der Waals surface area contributed by atoms with Gasteiger partial charge < -0.3 is 18.9 Å². The molecule has 0 spiro atoms. The number of aromatic nitrogens is 2. The van der Waals surface area contributed by atoms with Gasteiger partial charge in [0.1, 0.15) is 0 Å². The normalized spacial score (nSPS) is 13.6. The van der Waals surface area contributed by atoms with Crippen LogP contribution in [0.2, 0.25) is 0 Å². The van der Waals surface area contributed by atoms with Gasteiger partial charge in [-0.25, -0.2) is 0 Å². The van der Waals surface area contributed by atoms with Gasteiger partial charge in [-0.3, -0.25) is 0 Å². The van der Waals surface area contributed by atoms with Crippen molar-refractivity contribution in [2.45, 2.75) is 157 Å². The molecule has 502 valence electrons. The fourth-order valence-corrected chi connectivity index (χ4v) is 16.0. The molecule has 0 radical (unpaired) electrons. The Balaban J connectivity index is 0.981. The monoisotopic (exact) mass is 1310 g/mol. The summed E-state index contributed by atoms with van der Waals surface area (Å²) in [6.07, 6.45) is 0. The lowest BCUT2D eigenvalue weighted by atomic mass is 9.33. The standard InChI is InChI=1S/C96H95BN4/c1-91(2,3)66-32-24-61(25-33-66)63-28-40-72(41-29-63)98-86-58-74(100-82-48-36-68(93(7,8)9)54-76(82)77-55-69(94(10,11)12)37-49-83(77)100)44-46-80(86)97-81-47-45-75(101-84-50-38-70(95(13,14)15)56-78(84)79-57-71(96(16,17)18)39-51-85(79)101)59-87(81)99(89-53-65(52-88(98)90(89)97)60-22-20-19-21-23-60)73-42-30-64(31-43-73)62-26-34-67(35-27-62)92(4,5)6/h19-59H,1-18H3. The highest BCUT2D eigenvalue weighted by atomic mass is 15.2. The number of anilines is 6. The van der Waals surface area contributed by atoms with Crippen LogP contribution in [-0.4, -0.2) is 15.8 Å². The lowest BCUT2D eigenvalue weighted by Gasteiger charge is -2.44. The third-order valence-electron chi connectivity index (χ3n) is 22.1. The van der Waals surface area contributed by atoms with Gasteiger partial charge in [0.05, 0.1) is 22.1 Å². The molecule has 2 aromatic heterocycles. The molecule has 5 heteroatoms. The summed E-state index contributed by atoms with van der Waals surface area (Å²) < 4.78 is 5.08. The molecule has 14 aromatic rings. The molecule has 0 bridgehead atoms. The zero-order valence-corrected chi connectivity index (χ0v) is 62.5. The van der Waals surface area contributed by atoms with Crippen LogP contribution in [0.3, 0.4) is 0 Å². The lowest BCUT2D eigenvalue weighted by molar-refractivity contribution is 0.590. The van der Waals surface area contributed by atoms with E-state index in [-0.39, 0.29) is 39.2 Å². The quantitative estimate of drug-likeness (QED) is 0.148. The van der Waals surface area contributed by atoms with Crippen LogP contribution < -0.4 is 26.2 Å². The first-order valence-corrected chi connectivity index (χ1v) is 36.6. The maximum Gasteiger partial charge on any atom is 0.252 e. The number of hydrogen-bond acceptors (Lipinski definition) is 2. The van der Waals surface area contributed by atoms with Crippen LogP contribution in [-0.2, 0) is 32.5 Å². The van der Waals surface area contributed by atoms with Crippen LogP contribution in [0.4, 0.5) is 34.1 Å². The van der Waals surface area contributed by atoms with E-state index >= 15 is 0 Å². The Morgan fingerprint density at radius 1 is 0.218 bits per heavy atom. The summed E-state index contributed by atoms with van der Waals surface area (Å²) in [7, 11) is 0. The third-order valence-corrected chi connectivity index (χ3v) is 22.1. The Hall–Kier alpha value is -10.1. The van der Waals surface area contributed by atoms with Gasteiger partial charge in [-0.05, 0) is 225 Å². The van der Waals surface area contributed by atoms with Crippen LogP contribution >= 0.6 is 0 Å². The zero-order chi connectivity index (χ0) is 70.8. The Kier molecular flexibility index (Phi) is 15.1. The molecule has 0 saturated carbocycles. The molecule has 4 nitrogen and oxygen atoms in total. The average molecular weight is 1320 g/mol. The highest BCUT2D eigenvalue weighted by Crippen LogP contribution is 2.50. The highest BCUT2D eigenvalue weighted by molar-refractivity contribution is 7.00. The number of hydrogen-bond donors (Lipinski definition) is 0. The van der Waals surface area contributed by atoms with Crippen LogP contribution in [0.15, 0.2) is 249 Å². The van der Waals surface area contributed by atoms with E-state index in [2.05, 4.69) is 392 Å². The van der Waals surface area contributed by atoms with Crippen molar-refractivity contribution in [1.29, 1.82) is 0 Å². The first-order valence-electron chi connectivity index (χ1n) is 36.6. The molecule has 0 N–H and O–H groups in total. The van der Waals surface area contributed by atoms with Gasteiger partial charge in [0, 0.05) is 67.0 Å². The molecule has 0 fully saturated rings. The molecule has 101 heavy (non-hydrogen) atoms. The van der Waals surface area contributed by atoms with Crippen LogP contribution in [0, 0.1) is 0 Å². The van der Waals surface area contributed by atoms with Crippen molar-refractivity contribution in [2.24, 2.45) is 0 Å². The van der Waals surface area contributed by atoms with E-state index in [1.165, 1.54) is 116 Å². The van der Waals surface area contributed by atoms with Gasteiger partial charge >= 0.3 is 0 Å². The van der Waals surface area contributed by atoms with Gasteiger partial charge in [-0.15, -0.1) is 0 Å². The maximum absolute atomic E-state index is 2.61. The second-order valence-electron chi connectivity index (χ2n) is 35.2. The summed E-state index contributed by atoms with van der Waals surface area (Å²) in [6, 6.07) is 96.9. The van der Waals surface area contributed by atoms with E-state index < -0.39 is 0 Å². The Morgan fingerprint density at radius 3 is 0.782 bits per heavy atom. The van der Waals surface area contributed by atoms with Crippen molar-refractivity contribution < 1.29 is 0 Å².